The fourth-order valence-corrected chi connectivity index (χ4v) is 1.64. The second-order valence-corrected chi connectivity index (χ2v) is 4.13. The van der Waals surface area contributed by atoms with Gasteiger partial charge in [0, 0.05) is 17.6 Å². The average Bonchev–Trinajstić information content (AvgIpc) is 2.91. The Morgan fingerprint density at radius 3 is 2.77 bits per heavy atom. The van der Waals surface area contributed by atoms with Crippen LogP contribution in [-0.2, 0) is 0 Å². The van der Waals surface area contributed by atoms with Crippen molar-refractivity contribution in [1.82, 2.24) is 4.90 Å². The minimum atomic E-state index is 0.135. The molecule has 68 valence electrons. The van der Waals surface area contributed by atoms with Gasteiger partial charge in [0.25, 0.3) is 5.91 Å². The van der Waals surface area contributed by atoms with Crippen LogP contribution in [-0.4, -0.2) is 23.9 Å². The van der Waals surface area contributed by atoms with Gasteiger partial charge in [-0.1, -0.05) is 11.6 Å². The van der Waals surface area contributed by atoms with Crippen molar-refractivity contribution in [2.75, 3.05) is 13.1 Å². The number of rotatable bonds is 1. The predicted molar refractivity (Wildman–Crippen MR) is 54.8 cm³/mol. The van der Waals surface area contributed by atoms with Crippen LogP contribution in [0.5, 0.6) is 0 Å². The molecule has 0 N–H and O–H groups in total. The summed E-state index contributed by atoms with van der Waals surface area (Å²) in [5, 5.41) is 0. The Kier molecular flexibility index (Phi) is 2.12. The van der Waals surface area contributed by atoms with Gasteiger partial charge in [-0.25, -0.2) is 0 Å². The van der Waals surface area contributed by atoms with Gasteiger partial charge in [0.15, 0.2) is 0 Å². The molecule has 0 aliphatic carbocycles. The summed E-state index contributed by atoms with van der Waals surface area (Å²) in [7, 11) is 0. The molecule has 0 bridgehead atoms. The first kappa shape index (κ1) is 8.75. The van der Waals surface area contributed by atoms with Crippen molar-refractivity contribution in [1.29, 1.82) is 0 Å². The maximum absolute atomic E-state index is 11.7. The summed E-state index contributed by atoms with van der Waals surface area (Å²) < 4.78 is 0.884. The average molecular weight is 240 g/mol. The number of carbonyl (C=O) groups is 1. The predicted octanol–water partition coefficient (Wildman–Crippen LogP) is 2.21. The molecular weight excluding hydrogens is 230 g/mol. The van der Waals surface area contributed by atoms with E-state index in [2.05, 4.69) is 15.9 Å². The summed E-state index contributed by atoms with van der Waals surface area (Å²) in [5.74, 6) is 0.135. The number of nitrogens with zero attached hydrogens (tertiary/aromatic N) is 1. The number of halogens is 1. The largest absolute Gasteiger partial charge is 0.335 e. The number of hydrogen-bond donors (Lipinski definition) is 0. The Bertz CT molecular complexity index is 358. The normalized spacial score (nSPS) is 14.5. The van der Waals surface area contributed by atoms with Gasteiger partial charge in [0.2, 0.25) is 0 Å². The van der Waals surface area contributed by atoms with E-state index in [1.807, 2.05) is 30.0 Å². The fraction of sp³-hybridized carbons (Fsp3) is 0.300. The van der Waals surface area contributed by atoms with Crippen molar-refractivity contribution in [3.63, 3.8) is 0 Å². The lowest BCUT2D eigenvalue weighted by molar-refractivity contribution is 0.0884. The summed E-state index contributed by atoms with van der Waals surface area (Å²) in [6, 6.07) is 5.83. The van der Waals surface area contributed by atoms with Gasteiger partial charge in [-0.05, 0) is 35.0 Å². The van der Waals surface area contributed by atoms with Crippen LogP contribution in [0, 0.1) is 6.92 Å². The zero-order valence-electron chi connectivity index (χ0n) is 7.38. The molecule has 3 heteroatoms. The topological polar surface area (TPSA) is 20.1 Å². The molecule has 0 saturated carbocycles. The highest BCUT2D eigenvalue weighted by Gasteiger charge is 2.26. The number of hydrogen-bond acceptors (Lipinski definition) is 1. The molecule has 0 unspecified atom stereocenters. The second-order valence-electron chi connectivity index (χ2n) is 3.28. The van der Waals surface area contributed by atoms with E-state index in [0.717, 1.165) is 28.7 Å². The van der Waals surface area contributed by atoms with Crippen molar-refractivity contribution in [3.8, 4) is 0 Å². The molecule has 1 aliphatic rings. The molecule has 1 saturated heterocycles. The van der Waals surface area contributed by atoms with E-state index in [-0.39, 0.29) is 5.91 Å². The second kappa shape index (κ2) is 3.14. The third-order valence-electron chi connectivity index (χ3n) is 2.09. The van der Waals surface area contributed by atoms with Crippen LogP contribution in [0.4, 0.5) is 0 Å². The van der Waals surface area contributed by atoms with Crippen molar-refractivity contribution in [2.24, 2.45) is 0 Å². The SMILES string of the molecule is Cc1ccc(Br)c(C(=O)N2CC2)c1. The van der Waals surface area contributed by atoms with E-state index in [1.54, 1.807) is 0 Å². The van der Waals surface area contributed by atoms with Crippen molar-refractivity contribution in [2.45, 2.75) is 6.92 Å². The Hall–Kier alpha value is -0.830. The summed E-state index contributed by atoms with van der Waals surface area (Å²) in [6.45, 7) is 3.80. The van der Waals surface area contributed by atoms with Crippen LogP contribution in [0.3, 0.4) is 0 Å². The van der Waals surface area contributed by atoms with Gasteiger partial charge in [-0.15, -0.1) is 0 Å². The third kappa shape index (κ3) is 1.75. The zero-order chi connectivity index (χ0) is 9.42. The number of benzene rings is 1. The molecule has 0 spiro atoms. The van der Waals surface area contributed by atoms with Crippen molar-refractivity contribution < 1.29 is 4.79 Å². The van der Waals surface area contributed by atoms with E-state index in [1.165, 1.54) is 0 Å². The van der Waals surface area contributed by atoms with Gasteiger partial charge in [0.05, 0.1) is 5.56 Å². The molecule has 0 radical (unpaired) electrons. The smallest absolute Gasteiger partial charge is 0.255 e. The molecule has 1 aliphatic heterocycles. The highest BCUT2D eigenvalue weighted by atomic mass is 79.9. The Balaban J connectivity index is 2.37. The van der Waals surface area contributed by atoms with E-state index < -0.39 is 0 Å². The maximum Gasteiger partial charge on any atom is 0.255 e. The standard InChI is InChI=1S/C10H10BrNO/c1-7-2-3-9(11)8(6-7)10(13)12-4-5-12/h2-3,6H,4-5H2,1H3. The molecule has 13 heavy (non-hydrogen) atoms. The van der Waals surface area contributed by atoms with Gasteiger partial charge in [-0.2, -0.15) is 0 Å². The zero-order valence-corrected chi connectivity index (χ0v) is 8.97. The summed E-state index contributed by atoms with van der Waals surface area (Å²) in [6.07, 6.45) is 0. The van der Waals surface area contributed by atoms with Gasteiger partial charge in [0.1, 0.15) is 0 Å². The number of amides is 1. The highest BCUT2D eigenvalue weighted by molar-refractivity contribution is 9.10. The third-order valence-corrected chi connectivity index (χ3v) is 2.78. The van der Waals surface area contributed by atoms with Crippen LogP contribution in [0.15, 0.2) is 22.7 Å². The molecule has 1 heterocycles. The van der Waals surface area contributed by atoms with E-state index in [9.17, 15) is 4.79 Å². The van der Waals surface area contributed by atoms with E-state index in [0.29, 0.717) is 0 Å². The Morgan fingerprint density at radius 2 is 2.15 bits per heavy atom. The number of aryl methyl sites for hydroxylation is 1. The molecule has 0 aromatic heterocycles. The van der Waals surface area contributed by atoms with E-state index in [4.69, 9.17) is 0 Å². The summed E-state index contributed by atoms with van der Waals surface area (Å²) >= 11 is 3.38. The molecular formula is C10H10BrNO. The van der Waals surface area contributed by atoms with Crippen LogP contribution in [0.2, 0.25) is 0 Å². The molecule has 1 amide bonds. The number of carbonyl (C=O) groups excluding carboxylic acids is 1. The summed E-state index contributed by atoms with van der Waals surface area (Å²) in [5.41, 5.74) is 1.89. The molecule has 1 aromatic carbocycles. The van der Waals surface area contributed by atoms with Crippen LogP contribution in [0.25, 0.3) is 0 Å². The summed E-state index contributed by atoms with van der Waals surface area (Å²) in [4.78, 5) is 13.5. The van der Waals surface area contributed by atoms with Gasteiger partial charge in [-0.3, -0.25) is 4.79 Å². The van der Waals surface area contributed by atoms with Crippen LogP contribution < -0.4 is 0 Å². The van der Waals surface area contributed by atoms with Crippen LogP contribution in [0.1, 0.15) is 15.9 Å². The molecule has 2 nitrogen and oxygen atoms in total. The molecule has 1 fully saturated rings. The van der Waals surface area contributed by atoms with Crippen molar-refractivity contribution in [3.05, 3.63) is 33.8 Å². The lowest BCUT2D eigenvalue weighted by atomic mass is 10.1. The van der Waals surface area contributed by atoms with Gasteiger partial charge >= 0.3 is 0 Å². The molecule has 1 aromatic rings. The Morgan fingerprint density at radius 1 is 1.46 bits per heavy atom. The van der Waals surface area contributed by atoms with E-state index >= 15 is 0 Å². The lowest BCUT2D eigenvalue weighted by Crippen LogP contribution is -2.11. The first-order valence-corrected chi connectivity index (χ1v) is 5.03. The minimum absolute atomic E-state index is 0.135. The van der Waals surface area contributed by atoms with Crippen LogP contribution >= 0.6 is 15.9 Å². The maximum atomic E-state index is 11.7. The van der Waals surface area contributed by atoms with Gasteiger partial charge < -0.3 is 4.90 Å². The molecule has 0 atom stereocenters. The lowest BCUT2D eigenvalue weighted by Gasteiger charge is -2.04. The highest BCUT2D eigenvalue weighted by Crippen LogP contribution is 2.22. The minimum Gasteiger partial charge on any atom is -0.335 e. The molecule has 2 rings (SSSR count). The first-order valence-electron chi connectivity index (χ1n) is 4.24. The fourth-order valence-electron chi connectivity index (χ4n) is 1.23. The first-order chi connectivity index (χ1) is 6.18. The Labute approximate surface area is 85.7 Å². The monoisotopic (exact) mass is 239 g/mol. The quantitative estimate of drug-likeness (QED) is 0.689. The van der Waals surface area contributed by atoms with Crippen molar-refractivity contribution >= 4 is 21.8 Å².